The summed E-state index contributed by atoms with van der Waals surface area (Å²) < 4.78 is 2.67. The van der Waals surface area contributed by atoms with Gasteiger partial charge in [0.25, 0.3) is 0 Å². The highest BCUT2D eigenvalue weighted by atomic mass is 32.1. The van der Waals surface area contributed by atoms with E-state index in [-0.39, 0.29) is 11.5 Å². The van der Waals surface area contributed by atoms with Gasteiger partial charge in [-0.3, -0.25) is 4.99 Å². The molecule has 55 heavy (non-hydrogen) atoms. The molecule has 0 saturated heterocycles. The van der Waals surface area contributed by atoms with E-state index in [1.54, 1.807) is 16.7 Å². The Bertz CT molecular complexity index is 2740. The fourth-order valence-corrected chi connectivity index (χ4v) is 12.4. The van der Waals surface area contributed by atoms with Crippen molar-refractivity contribution in [2.45, 2.75) is 57.4 Å². The van der Waals surface area contributed by atoms with Crippen molar-refractivity contribution in [2.24, 2.45) is 39.6 Å². The van der Waals surface area contributed by atoms with Gasteiger partial charge in [-0.05, 0) is 118 Å². The van der Waals surface area contributed by atoms with Crippen LogP contribution in [0.1, 0.15) is 79.8 Å². The zero-order valence-electron chi connectivity index (χ0n) is 31.5. The molecule has 0 radical (unpaired) electrons. The smallest absolute Gasteiger partial charge is 0.155 e. The predicted molar refractivity (Wildman–Crippen MR) is 232 cm³/mol. The summed E-state index contributed by atoms with van der Waals surface area (Å²) in [6.07, 6.45) is 23.1. The van der Waals surface area contributed by atoms with Gasteiger partial charge in [0, 0.05) is 49.2 Å². The van der Waals surface area contributed by atoms with Crippen LogP contribution < -0.4 is 0 Å². The summed E-state index contributed by atoms with van der Waals surface area (Å²) in [7, 11) is 0. The van der Waals surface area contributed by atoms with E-state index in [0.717, 1.165) is 17.8 Å². The summed E-state index contributed by atoms with van der Waals surface area (Å²) >= 11 is 1.89. The van der Waals surface area contributed by atoms with Crippen LogP contribution in [0.4, 0.5) is 0 Å². The largest absolute Gasteiger partial charge is 0.258 e. The lowest BCUT2D eigenvalue weighted by Gasteiger charge is -2.41. The first-order valence-electron chi connectivity index (χ1n) is 20.5. The van der Waals surface area contributed by atoms with Crippen LogP contribution in [-0.4, -0.2) is 11.5 Å². The zero-order valence-corrected chi connectivity index (χ0v) is 32.3. The molecule has 6 atom stereocenters. The Balaban J connectivity index is 0.968. The van der Waals surface area contributed by atoms with E-state index in [2.05, 4.69) is 147 Å². The van der Waals surface area contributed by atoms with Crippen molar-refractivity contribution in [3.8, 4) is 0 Å². The van der Waals surface area contributed by atoms with Crippen LogP contribution >= 0.6 is 11.3 Å². The summed E-state index contributed by atoms with van der Waals surface area (Å²) in [5.41, 5.74) is 15.6. The van der Waals surface area contributed by atoms with E-state index in [4.69, 9.17) is 9.98 Å². The highest BCUT2D eigenvalue weighted by Gasteiger charge is 2.47. The van der Waals surface area contributed by atoms with Crippen molar-refractivity contribution in [1.29, 1.82) is 0 Å². The Morgan fingerprint density at radius 1 is 0.800 bits per heavy atom. The molecule has 0 spiro atoms. The van der Waals surface area contributed by atoms with Crippen molar-refractivity contribution in [2.75, 3.05) is 0 Å². The number of nitrogens with zero attached hydrogens (tertiary/aromatic N) is 2. The third-order valence-corrected chi connectivity index (χ3v) is 15.2. The second kappa shape index (κ2) is 11.9. The van der Waals surface area contributed by atoms with Crippen molar-refractivity contribution in [1.82, 2.24) is 0 Å². The van der Waals surface area contributed by atoms with Gasteiger partial charge in [-0.15, -0.1) is 11.3 Å². The van der Waals surface area contributed by atoms with E-state index < -0.39 is 0 Å². The van der Waals surface area contributed by atoms with Crippen LogP contribution in [0.5, 0.6) is 0 Å². The number of amidine groups is 1. The first-order valence-corrected chi connectivity index (χ1v) is 21.3. The van der Waals surface area contributed by atoms with Gasteiger partial charge in [-0.25, -0.2) is 4.99 Å². The molecule has 5 aromatic rings. The molecule has 7 aliphatic rings. The van der Waals surface area contributed by atoms with Crippen molar-refractivity contribution in [3.05, 3.63) is 178 Å². The fourth-order valence-electron chi connectivity index (χ4n) is 11.2. The fraction of sp³-hybridized carbons (Fsp3) is 0.269. The first-order chi connectivity index (χ1) is 27.0. The Morgan fingerprint density at radius 2 is 1.65 bits per heavy atom. The van der Waals surface area contributed by atoms with E-state index in [1.165, 1.54) is 85.0 Å². The second-order valence-corrected chi connectivity index (χ2v) is 18.5. The Labute approximate surface area is 327 Å². The maximum absolute atomic E-state index is 5.45. The molecule has 0 N–H and O–H groups in total. The van der Waals surface area contributed by atoms with E-state index >= 15 is 0 Å². The summed E-state index contributed by atoms with van der Waals surface area (Å²) in [4.78, 5) is 10.9. The lowest BCUT2D eigenvalue weighted by molar-refractivity contribution is 0.337. The van der Waals surface area contributed by atoms with Gasteiger partial charge in [-0.1, -0.05) is 129 Å². The Hall–Kier alpha value is -5.12. The van der Waals surface area contributed by atoms with Gasteiger partial charge in [-0.2, -0.15) is 0 Å². The molecule has 0 bridgehead atoms. The average Bonchev–Trinajstić information content (AvgIpc) is 3.87. The monoisotopic (exact) mass is 728 g/mol. The van der Waals surface area contributed by atoms with E-state index in [0.29, 0.717) is 29.6 Å². The van der Waals surface area contributed by atoms with Gasteiger partial charge >= 0.3 is 0 Å². The summed E-state index contributed by atoms with van der Waals surface area (Å²) in [6, 6.07) is 33.8. The third kappa shape index (κ3) is 4.91. The normalized spacial score (nSPS) is 28.3. The molecule has 1 aliphatic heterocycles. The molecule has 1 aromatic heterocycles. The van der Waals surface area contributed by atoms with Crippen LogP contribution in [0.3, 0.4) is 0 Å². The highest BCUT2D eigenvalue weighted by Crippen LogP contribution is 2.59. The number of hydrogen-bond donors (Lipinski definition) is 0. The molecule has 12 rings (SSSR count). The van der Waals surface area contributed by atoms with E-state index in [9.17, 15) is 0 Å². The summed E-state index contributed by atoms with van der Waals surface area (Å²) in [5, 5.41) is 2.69. The molecular weight excluding hydrogens is 685 g/mol. The van der Waals surface area contributed by atoms with Crippen LogP contribution in [0.15, 0.2) is 160 Å². The molecule has 6 aliphatic carbocycles. The van der Waals surface area contributed by atoms with Crippen molar-refractivity contribution < 1.29 is 0 Å². The SMILES string of the molecule is CC1(C)C2=CCC3CCC4C=CC=CC4C3=C2c2cc(C3=CC4CC4C(C4=NC(c5ccccc5)=NC(c5cccc6sc7ccccc7c56)C4)=C3)ccc21. The number of rotatable bonds is 4. The van der Waals surface area contributed by atoms with Crippen LogP contribution in [0.25, 0.3) is 31.3 Å². The minimum absolute atomic E-state index is 0.0000226. The third-order valence-electron chi connectivity index (χ3n) is 14.0. The predicted octanol–water partition coefficient (Wildman–Crippen LogP) is 13.2. The van der Waals surface area contributed by atoms with E-state index in [1.807, 2.05) is 11.3 Å². The number of thiophene rings is 1. The zero-order chi connectivity index (χ0) is 36.4. The first kappa shape index (κ1) is 32.2. The molecule has 0 amide bonds. The number of benzene rings is 4. The molecule has 268 valence electrons. The molecule has 2 heterocycles. The number of aliphatic imine (C=N–C) groups is 2. The second-order valence-electron chi connectivity index (χ2n) is 17.4. The summed E-state index contributed by atoms with van der Waals surface area (Å²) in [6.45, 7) is 4.91. The molecule has 6 unspecified atom stereocenters. The highest BCUT2D eigenvalue weighted by molar-refractivity contribution is 7.25. The van der Waals surface area contributed by atoms with Gasteiger partial charge in [0.15, 0.2) is 5.84 Å². The van der Waals surface area contributed by atoms with Crippen LogP contribution in [0.2, 0.25) is 0 Å². The maximum atomic E-state index is 5.45. The molecule has 2 saturated carbocycles. The molecule has 2 fully saturated rings. The molecule has 3 heteroatoms. The Morgan fingerprint density at radius 3 is 2.58 bits per heavy atom. The number of fused-ring (bicyclic) bond motifs is 10. The van der Waals surface area contributed by atoms with Gasteiger partial charge in [0.05, 0.1) is 6.04 Å². The lowest BCUT2D eigenvalue weighted by Crippen LogP contribution is -2.29. The van der Waals surface area contributed by atoms with Gasteiger partial charge < -0.3 is 0 Å². The van der Waals surface area contributed by atoms with Crippen LogP contribution in [0, 0.1) is 29.6 Å². The quantitative estimate of drug-likeness (QED) is 0.176. The van der Waals surface area contributed by atoms with Crippen LogP contribution in [-0.2, 0) is 5.41 Å². The Kier molecular flexibility index (Phi) is 6.98. The minimum atomic E-state index is -0.0000226. The van der Waals surface area contributed by atoms with Crippen molar-refractivity contribution in [3.63, 3.8) is 0 Å². The molecular formula is C52H44N2S. The minimum Gasteiger partial charge on any atom is -0.258 e. The molecule has 4 aromatic carbocycles. The van der Waals surface area contributed by atoms with Gasteiger partial charge in [0.2, 0.25) is 0 Å². The standard InChI is InChI=1S/C52H44N2S/c1-52(2)42-23-22-33(26-41(42)50-43(52)24-21-31-20-19-30-11-6-7-14-36(30)48(31)50)34-25-35-28-39(35)40(27-34)45-29-44(53-51(54-45)32-12-4-3-5-13-32)37-16-10-18-47-49(37)38-15-8-9-17-46(38)55-47/h3-18,22-27,30-31,35-36,39,44H,19-21,28-29H2,1-2H3. The van der Waals surface area contributed by atoms with Crippen molar-refractivity contribution >= 4 is 54.2 Å². The number of hydrogen-bond acceptors (Lipinski definition) is 3. The molecule has 2 nitrogen and oxygen atoms in total. The number of allylic oxidation sites excluding steroid dienone is 12. The topological polar surface area (TPSA) is 24.7 Å². The maximum Gasteiger partial charge on any atom is 0.155 e. The average molecular weight is 729 g/mol. The van der Waals surface area contributed by atoms with Gasteiger partial charge in [0.1, 0.15) is 0 Å². The lowest BCUT2D eigenvalue weighted by atomic mass is 9.63. The summed E-state index contributed by atoms with van der Waals surface area (Å²) in [5.74, 6) is 3.77.